The zero-order valence-corrected chi connectivity index (χ0v) is 10.2. The minimum Gasteiger partial charge on any atom is -0.482 e. The first-order valence-electron chi connectivity index (χ1n) is 5.57. The number of aromatic nitrogens is 2. The predicted molar refractivity (Wildman–Crippen MR) is 66.7 cm³/mol. The number of benzene rings is 1. The standard InChI is InChI=1S/C13H12N2O4/c1-9(16)11-7-10(19-8-13(17)18)3-4-12(11)15-6-2-5-14-15/h2-7H,8H2,1H3,(H,17,18). The lowest BCUT2D eigenvalue weighted by Crippen LogP contribution is -2.10. The summed E-state index contributed by atoms with van der Waals surface area (Å²) in [6.45, 7) is 0.988. The van der Waals surface area contributed by atoms with Crippen LogP contribution < -0.4 is 4.74 Å². The number of hydrogen-bond donors (Lipinski definition) is 1. The Kier molecular flexibility index (Phi) is 3.61. The molecule has 0 amide bonds. The molecule has 0 aliphatic heterocycles. The first-order valence-corrected chi connectivity index (χ1v) is 5.57. The van der Waals surface area contributed by atoms with E-state index >= 15 is 0 Å². The number of carboxylic acid groups (broad SMARTS) is 1. The van der Waals surface area contributed by atoms with Crippen molar-refractivity contribution in [2.75, 3.05) is 6.61 Å². The van der Waals surface area contributed by atoms with Gasteiger partial charge in [-0.2, -0.15) is 5.10 Å². The van der Waals surface area contributed by atoms with E-state index in [1.165, 1.54) is 13.0 Å². The minimum absolute atomic E-state index is 0.147. The van der Waals surface area contributed by atoms with E-state index in [0.29, 0.717) is 17.0 Å². The minimum atomic E-state index is -1.07. The fourth-order valence-electron chi connectivity index (χ4n) is 1.64. The maximum Gasteiger partial charge on any atom is 0.341 e. The van der Waals surface area contributed by atoms with Crippen molar-refractivity contribution >= 4 is 11.8 Å². The van der Waals surface area contributed by atoms with Crippen LogP contribution in [0.5, 0.6) is 5.75 Å². The Labute approximate surface area is 109 Å². The summed E-state index contributed by atoms with van der Waals surface area (Å²) in [5, 5.41) is 12.6. The summed E-state index contributed by atoms with van der Waals surface area (Å²) in [7, 11) is 0. The van der Waals surface area contributed by atoms with Gasteiger partial charge in [0.05, 0.1) is 5.69 Å². The van der Waals surface area contributed by atoms with Crippen LogP contribution in [0.15, 0.2) is 36.7 Å². The summed E-state index contributed by atoms with van der Waals surface area (Å²) in [6.07, 6.45) is 3.33. The highest BCUT2D eigenvalue weighted by atomic mass is 16.5. The van der Waals surface area contributed by atoms with Gasteiger partial charge in [0.25, 0.3) is 0 Å². The third-order valence-electron chi connectivity index (χ3n) is 2.46. The van der Waals surface area contributed by atoms with E-state index < -0.39 is 12.6 Å². The van der Waals surface area contributed by atoms with Gasteiger partial charge in [-0.05, 0) is 31.2 Å². The second-order valence-corrected chi connectivity index (χ2v) is 3.87. The van der Waals surface area contributed by atoms with Gasteiger partial charge in [-0.25, -0.2) is 9.48 Å². The SMILES string of the molecule is CC(=O)c1cc(OCC(=O)O)ccc1-n1cccn1. The van der Waals surface area contributed by atoms with Crippen LogP contribution in [-0.2, 0) is 4.79 Å². The Balaban J connectivity index is 2.36. The molecule has 0 fully saturated rings. The number of ether oxygens (including phenoxy) is 1. The molecule has 2 rings (SSSR count). The van der Waals surface area contributed by atoms with E-state index in [2.05, 4.69) is 5.10 Å². The van der Waals surface area contributed by atoms with Crippen LogP contribution in [0.3, 0.4) is 0 Å². The molecule has 19 heavy (non-hydrogen) atoms. The molecule has 0 spiro atoms. The van der Waals surface area contributed by atoms with Gasteiger partial charge in [0.2, 0.25) is 0 Å². The lowest BCUT2D eigenvalue weighted by Gasteiger charge is -2.10. The molecule has 0 saturated heterocycles. The molecule has 0 unspecified atom stereocenters. The van der Waals surface area contributed by atoms with Crippen molar-refractivity contribution in [1.82, 2.24) is 9.78 Å². The van der Waals surface area contributed by atoms with Crippen molar-refractivity contribution in [1.29, 1.82) is 0 Å². The maximum absolute atomic E-state index is 11.6. The van der Waals surface area contributed by atoms with Crippen molar-refractivity contribution in [2.45, 2.75) is 6.92 Å². The Hall–Kier alpha value is -2.63. The summed E-state index contributed by atoms with van der Waals surface area (Å²) in [6, 6.07) is 6.54. The van der Waals surface area contributed by atoms with Gasteiger partial charge < -0.3 is 9.84 Å². The summed E-state index contributed by atoms with van der Waals surface area (Å²) in [4.78, 5) is 22.1. The van der Waals surface area contributed by atoms with Crippen molar-refractivity contribution in [3.8, 4) is 11.4 Å². The zero-order valence-electron chi connectivity index (χ0n) is 10.2. The number of ketones is 1. The Morgan fingerprint density at radius 3 is 2.79 bits per heavy atom. The van der Waals surface area contributed by atoms with Gasteiger partial charge in [0.1, 0.15) is 5.75 Å². The Morgan fingerprint density at radius 2 is 2.21 bits per heavy atom. The van der Waals surface area contributed by atoms with Gasteiger partial charge in [-0.15, -0.1) is 0 Å². The molecule has 0 atom stereocenters. The Bertz CT molecular complexity index is 605. The monoisotopic (exact) mass is 260 g/mol. The highest BCUT2D eigenvalue weighted by molar-refractivity contribution is 5.98. The second-order valence-electron chi connectivity index (χ2n) is 3.87. The summed E-state index contributed by atoms with van der Waals surface area (Å²) in [5.74, 6) is -0.879. The van der Waals surface area contributed by atoms with Gasteiger partial charge >= 0.3 is 5.97 Å². The molecular weight excluding hydrogens is 248 g/mol. The zero-order chi connectivity index (χ0) is 13.8. The molecule has 2 aromatic rings. The summed E-state index contributed by atoms with van der Waals surface area (Å²) >= 11 is 0. The Morgan fingerprint density at radius 1 is 1.42 bits per heavy atom. The van der Waals surface area contributed by atoms with E-state index in [9.17, 15) is 9.59 Å². The van der Waals surface area contributed by atoms with Crippen LogP contribution in [-0.4, -0.2) is 33.2 Å². The smallest absolute Gasteiger partial charge is 0.341 e. The van der Waals surface area contributed by atoms with Crippen LogP contribution in [0.1, 0.15) is 17.3 Å². The van der Waals surface area contributed by atoms with E-state index in [0.717, 1.165) is 0 Å². The van der Waals surface area contributed by atoms with Gasteiger partial charge in [-0.1, -0.05) is 0 Å². The molecule has 0 radical (unpaired) electrons. The van der Waals surface area contributed by atoms with Crippen molar-refractivity contribution in [3.05, 3.63) is 42.2 Å². The van der Waals surface area contributed by atoms with Crippen LogP contribution in [0.25, 0.3) is 5.69 Å². The molecular formula is C13H12N2O4. The molecule has 6 heteroatoms. The van der Waals surface area contributed by atoms with E-state index in [1.807, 2.05) is 0 Å². The topological polar surface area (TPSA) is 81.4 Å². The van der Waals surface area contributed by atoms with E-state index in [4.69, 9.17) is 9.84 Å². The molecule has 0 aliphatic carbocycles. The van der Waals surface area contributed by atoms with E-state index in [1.54, 1.807) is 35.3 Å². The predicted octanol–water partition coefficient (Wildman–Crippen LogP) is 1.54. The average Bonchev–Trinajstić information content (AvgIpc) is 2.89. The molecule has 1 aromatic carbocycles. The third kappa shape index (κ3) is 2.98. The fourth-order valence-corrected chi connectivity index (χ4v) is 1.64. The van der Waals surface area contributed by atoms with Crippen molar-refractivity contribution < 1.29 is 19.4 Å². The molecule has 0 aliphatic rings. The largest absolute Gasteiger partial charge is 0.482 e. The molecule has 0 saturated carbocycles. The van der Waals surface area contributed by atoms with Crippen LogP contribution in [0.2, 0.25) is 0 Å². The highest BCUT2D eigenvalue weighted by Gasteiger charge is 2.11. The first-order chi connectivity index (χ1) is 9.08. The number of aliphatic carboxylic acids is 1. The van der Waals surface area contributed by atoms with Gasteiger partial charge in [0, 0.05) is 18.0 Å². The third-order valence-corrected chi connectivity index (χ3v) is 2.46. The average molecular weight is 260 g/mol. The number of carbonyl (C=O) groups excluding carboxylic acids is 1. The normalized spacial score (nSPS) is 10.2. The highest BCUT2D eigenvalue weighted by Crippen LogP contribution is 2.21. The van der Waals surface area contributed by atoms with Crippen LogP contribution >= 0.6 is 0 Å². The van der Waals surface area contributed by atoms with Gasteiger partial charge in [-0.3, -0.25) is 4.79 Å². The lowest BCUT2D eigenvalue weighted by atomic mass is 10.1. The molecule has 6 nitrogen and oxygen atoms in total. The number of carbonyl (C=O) groups is 2. The lowest BCUT2D eigenvalue weighted by molar-refractivity contribution is -0.139. The van der Waals surface area contributed by atoms with Crippen LogP contribution in [0.4, 0.5) is 0 Å². The first kappa shape index (κ1) is 12.8. The summed E-state index contributed by atoms with van der Waals surface area (Å²) < 4.78 is 6.62. The molecule has 98 valence electrons. The van der Waals surface area contributed by atoms with Gasteiger partial charge in [0.15, 0.2) is 12.4 Å². The quantitative estimate of drug-likeness (QED) is 0.824. The number of carboxylic acids is 1. The number of rotatable bonds is 5. The molecule has 1 N–H and O–H groups in total. The fraction of sp³-hybridized carbons (Fsp3) is 0.154. The van der Waals surface area contributed by atoms with E-state index in [-0.39, 0.29) is 5.78 Å². The molecule has 1 aromatic heterocycles. The van der Waals surface area contributed by atoms with Crippen LogP contribution in [0, 0.1) is 0 Å². The molecule has 0 bridgehead atoms. The maximum atomic E-state index is 11.6. The number of Topliss-reactive ketones (excluding diaryl/α,β-unsaturated/α-hetero) is 1. The van der Waals surface area contributed by atoms with Crippen molar-refractivity contribution in [3.63, 3.8) is 0 Å². The summed E-state index contributed by atoms with van der Waals surface area (Å²) in [5.41, 5.74) is 1.05. The molecule has 1 heterocycles. The number of nitrogens with zero attached hydrogens (tertiary/aromatic N) is 2. The van der Waals surface area contributed by atoms with Crippen molar-refractivity contribution in [2.24, 2.45) is 0 Å². The second kappa shape index (κ2) is 5.34. The number of hydrogen-bond acceptors (Lipinski definition) is 4.